The van der Waals surface area contributed by atoms with Crippen LogP contribution in [0.5, 0.6) is 5.75 Å². The van der Waals surface area contributed by atoms with E-state index in [1.54, 1.807) is 24.3 Å². The number of nitrogens with one attached hydrogen (secondary N) is 1. The molecule has 0 aliphatic rings. The molecule has 0 saturated heterocycles. The van der Waals surface area contributed by atoms with Gasteiger partial charge in [0.2, 0.25) is 0 Å². The third kappa shape index (κ3) is 5.67. The maximum absolute atomic E-state index is 12.3. The number of hydrogen-bond acceptors (Lipinski definition) is 5. The summed E-state index contributed by atoms with van der Waals surface area (Å²) in [7, 11) is 0. The third-order valence-electron chi connectivity index (χ3n) is 3.59. The summed E-state index contributed by atoms with van der Waals surface area (Å²) in [6, 6.07) is 7.87. The fourth-order valence-corrected chi connectivity index (χ4v) is 2.45. The van der Waals surface area contributed by atoms with Crippen LogP contribution in [0.4, 0.5) is 0 Å². The number of rotatable bonds is 9. The second kappa shape index (κ2) is 10.1. The lowest BCUT2D eigenvalue weighted by atomic mass is 10.3. The number of aromatic hydroxyl groups is 1. The standard InChI is InChI=1S/C18H22BrN3O4/c1-2-3-10-26-11-4-9-20-18(25)17-15(23)12-16(24)22(21-17)14-7-5-13(19)6-8-14/h5-8,12,23H,2-4,9-11H2,1H3,(H,20,25). The predicted octanol–water partition coefficient (Wildman–Crippen LogP) is 2.64. The number of halogens is 1. The molecule has 0 aliphatic heterocycles. The van der Waals surface area contributed by atoms with Crippen LogP contribution in [0.1, 0.15) is 36.7 Å². The number of hydrogen-bond donors (Lipinski definition) is 2. The van der Waals surface area contributed by atoms with Gasteiger partial charge >= 0.3 is 0 Å². The fourth-order valence-electron chi connectivity index (χ4n) is 2.18. The van der Waals surface area contributed by atoms with Crippen molar-refractivity contribution >= 4 is 21.8 Å². The second-order valence-electron chi connectivity index (χ2n) is 5.68. The van der Waals surface area contributed by atoms with Crippen molar-refractivity contribution in [2.75, 3.05) is 19.8 Å². The van der Waals surface area contributed by atoms with Gasteiger partial charge < -0.3 is 15.2 Å². The Hall–Kier alpha value is -2.19. The highest BCUT2D eigenvalue weighted by atomic mass is 79.9. The van der Waals surface area contributed by atoms with Crippen LogP contribution < -0.4 is 10.9 Å². The second-order valence-corrected chi connectivity index (χ2v) is 6.60. The van der Waals surface area contributed by atoms with Crippen molar-refractivity contribution in [1.29, 1.82) is 0 Å². The molecule has 0 radical (unpaired) electrons. The average Bonchev–Trinajstić information content (AvgIpc) is 2.62. The van der Waals surface area contributed by atoms with Crippen molar-refractivity contribution in [2.24, 2.45) is 0 Å². The molecule has 0 aliphatic carbocycles. The smallest absolute Gasteiger partial charge is 0.275 e. The zero-order chi connectivity index (χ0) is 18.9. The van der Waals surface area contributed by atoms with Crippen LogP contribution in [0.15, 0.2) is 39.6 Å². The molecule has 1 amide bonds. The van der Waals surface area contributed by atoms with Gasteiger partial charge in [-0.05, 0) is 37.1 Å². The van der Waals surface area contributed by atoms with Crippen molar-refractivity contribution in [2.45, 2.75) is 26.2 Å². The minimum atomic E-state index is -0.540. The Kier molecular flexibility index (Phi) is 7.80. The number of aromatic nitrogens is 2. The first-order valence-electron chi connectivity index (χ1n) is 8.48. The molecular weight excluding hydrogens is 402 g/mol. The number of benzene rings is 1. The quantitative estimate of drug-likeness (QED) is 0.604. The van der Waals surface area contributed by atoms with Crippen LogP contribution in [0, 0.1) is 0 Å². The van der Waals surface area contributed by atoms with Crippen LogP contribution in [-0.4, -0.2) is 40.6 Å². The molecule has 0 unspecified atom stereocenters. The molecule has 1 aromatic carbocycles. The summed E-state index contributed by atoms with van der Waals surface area (Å²) < 4.78 is 7.35. The van der Waals surface area contributed by atoms with E-state index >= 15 is 0 Å². The molecule has 2 rings (SSSR count). The van der Waals surface area contributed by atoms with Gasteiger partial charge in [-0.3, -0.25) is 9.59 Å². The van der Waals surface area contributed by atoms with E-state index in [9.17, 15) is 14.7 Å². The molecule has 2 N–H and O–H groups in total. The molecule has 0 bridgehead atoms. The minimum absolute atomic E-state index is 0.195. The monoisotopic (exact) mass is 423 g/mol. The van der Waals surface area contributed by atoms with E-state index in [0.717, 1.165) is 28.1 Å². The van der Waals surface area contributed by atoms with Crippen molar-refractivity contribution in [1.82, 2.24) is 15.1 Å². The van der Waals surface area contributed by atoms with E-state index in [0.29, 0.717) is 31.9 Å². The van der Waals surface area contributed by atoms with E-state index < -0.39 is 17.2 Å². The normalized spacial score (nSPS) is 10.7. The van der Waals surface area contributed by atoms with Crippen LogP contribution >= 0.6 is 15.9 Å². The van der Waals surface area contributed by atoms with Crippen LogP contribution in [-0.2, 0) is 4.74 Å². The number of ether oxygens (including phenoxy) is 1. The maximum Gasteiger partial charge on any atom is 0.275 e. The Balaban J connectivity index is 2.02. The molecular formula is C18H22BrN3O4. The summed E-state index contributed by atoms with van der Waals surface area (Å²) in [4.78, 5) is 24.3. The molecule has 0 spiro atoms. The van der Waals surface area contributed by atoms with Gasteiger partial charge in [0.15, 0.2) is 11.4 Å². The summed E-state index contributed by atoms with van der Waals surface area (Å²) in [5, 5.41) is 16.6. The van der Waals surface area contributed by atoms with Crippen LogP contribution in [0.25, 0.3) is 5.69 Å². The van der Waals surface area contributed by atoms with Gasteiger partial charge in [-0.2, -0.15) is 9.78 Å². The van der Waals surface area contributed by atoms with Crippen molar-refractivity contribution in [3.63, 3.8) is 0 Å². The first-order valence-corrected chi connectivity index (χ1v) is 9.27. The van der Waals surface area contributed by atoms with E-state index in [4.69, 9.17) is 4.74 Å². The molecule has 7 nitrogen and oxygen atoms in total. The number of unbranched alkanes of at least 4 members (excludes halogenated alkanes) is 1. The van der Waals surface area contributed by atoms with Crippen LogP contribution in [0.3, 0.4) is 0 Å². The van der Waals surface area contributed by atoms with Gasteiger partial charge in [-0.25, -0.2) is 0 Å². The summed E-state index contributed by atoms with van der Waals surface area (Å²) >= 11 is 3.32. The molecule has 0 atom stereocenters. The molecule has 140 valence electrons. The van der Waals surface area contributed by atoms with Gasteiger partial charge in [0.25, 0.3) is 11.5 Å². The van der Waals surface area contributed by atoms with Crippen molar-refractivity contribution in [3.8, 4) is 11.4 Å². The SMILES string of the molecule is CCCCOCCCNC(=O)c1nn(-c2ccc(Br)cc2)c(=O)cc1O. The van der Waals surface area contributed by atoms with Crippen molar-refractivity contribution in [3.05, 3.63) is 50.9 Å². The van der Waals surface area contributed by atoms with E-state index in [2.05, 4.69) is 33.3 Å². The van der Waals surface area contributed by atoms with Gasteiger partial charge in [0, 0.05) is 30.3 Å². The van der Waals surface area contributed by atoms with Crippen LogP contribution in [0.2, 0.25) is 0 Å². The third-order valence-corrected chi connectivity index (χ3v) is 4.12. The Bertz CT molecular complexity index is 790. The van der Waals surface area contributed by atoms with Crippen molar-refractivity contribution < 1.29 is 14.6 Å². The fraction of sp³-hybridized carbons (Fsp3) is 0.389. The molecule has 1 aromatic heterocycles. The highest BCUT2D eigenvalue weighted by molar-refractivity contribution is 9.10. The topological polar surface area (TPSA) is 93.5 Å². The van der Waals surface area contributed by atoms with Gasteiger partial charge in [-0.15, -0.1) is 0 Å². The lowest BCUT2D eigenvalue weighted by Crippen LogP contribution is -2.30. The minimum Gasteiger partial charge on any atom is -0.505 e. The predicted molar refractivity (Wildman–Crippen MR) is 102 cm³/mol. The number of nitrogens with zero attached hydrogens (tertiary/aromatic N) is 2. The number of carbonyl (C=O) groups excluding carboxylic acids is 1. The zero-order valence-electron chi connectivity index (χ0n) is 14.6. The van der Waals surface area contributed by atoms with Gasteiger partial charge in [0.1, 0.15) is 0 Å². The highest BCUT2D eigenvalue weighted by Gasteiger charge is 2.16. The summed E-state index contributed by atoms with van der Waals surface area (Å²) in [5.74, 6) is -0.984. The molecule has 8 heteroatoms. The van der Waals surface area contributed by atoms with E-state index in [1.807, 2.05) is 0 Å². The van der Waals surface area contributed by atoms with E-state index in [-0.39, 0.29) is 5.69 Å². The lowest BCUT2D eigenvalue weighted by Gasteiger charge is -2.10. The first kappa shape index (κ1) is 20.1. The van der Waals surface area contributed by atoms with Gasteiger partial charge in [0.05, 0.1) is 5.69 Å². The summed E-state index contributed by atoms with van der Waals surface area (Å²) in [6.45, 7) is 3.75. The molecule has 1 heterocycles. The Morgan fingerprint density at radius 3 is 2.65 bits per heavy atom. The van der Waals surface area contributed by atoms with E-state index in [1.165, 1.54) is 0 Å². The Labute approximate surface area is 160 Å². The lowest BCUT2D eigenvalue weighted by molar-refractivity contribution is 0.0930. The Morgan fingerprint density at radius 2 is 1.96 bits per heavy atom. The summed E-state index contributed by atoms with van der Waals surface area (Å²) in [5.41, 5.74) is -0.221. The molecule has 0 fully saturated rings. The zero-order valence-corrected chi connectivity index (χ0v) is 16.2. The first-order chi connectivity index (χ1) is 12.5. The number of carbonyl (C=O) groups is 1. The molecule has 2 aromatic rings. The average molecular weight is 424 g/mol. The summed E-state index contributed by atoms with van der Waals surface area (Å²) in [6.07, 6.45) is 2.75. The highest BCUT2D eigenvalue weighted by Crippen LogP contribution is 2.15. The Morgan fingerprint density at radius 1 is 1.27 bits per heavy atom. The largest absolute Gasteiger partial charge is 0.505 e. The molecule has 0 saturated carbocycles. The van der Waals surface area contributed by atoms with Gasteiger partial charge in [-0.1, -0.05) is 29.3 Å². The molecule has 26 heavy (non-hydrogen) atoms. The maximum atomic E-state index is 12.3. The number of amides is 1.